The molecule has 13 heteroatoms. The normalized spacial score (nSPS) is 12.7. The van der Waals surface area contributed by atoms with Crippen LogP contribution in [0, 0.1) is 0 Å². The van der Waals surface area contributed by atoms with Gasteiger partial charge in [-0.3, -0.25) is 0 Å². The van der Waals surface area contributed by atoms with E-state index >= 15 is 0 Å². The van der Waals surface area contributed by atoms with Gasteiger partial charge in [0.2, 0.25) is 0 Å². The Morgan fingerprint density at radius 2 is 1.26 bits per heavy atom. The van der Waals surface area contributed by atoms with Crippen molar-refractivity contribution in [1.82, 2.24) is 10.2 Å². The minimum Gasteiger partial charge on any atom is -0.748 e. The van der Waals surface area contributed by atoms with Crippen LogP contribution < -0.4 is 0 Å². The van der Waals surface area contributed by atoms with E-state index in [1.54, 1.807) is 0 Å². The maximum absolute atomic E-state index is 10.4. The van der Waals surface area contributed by atoms with Crippen LogP contribution in [0.3, 0.4) is 0 Å². The Kier molecular flexibility index (Phi) is 6.49. The standard InChI is InChI=1S/C6H10N2O6S5/c9-18(10,11)3-1-15-5-7-8-6(17-5)16-2-4-19(12,13)14/h1-4H2,(H,9,10,11)(H,12,13,14)/p-2. The van der Waals surface area contributed by atoms with E-state index in [4.69, 9.17) is 0 Å². The first-order valence-electron chi connectivity index (χ1n) is 4.62. The first-order valence-corrected chi connectivity index (χ1v) is 10.6. The Bertz CT molecular complexity index is 555. The molecule has 1 heterocycles. The fourth-order valence-corrected chi connectivity index (χ4v) is 5.54. The summed E-state index contributed by atoms with van der Waals surface area (Å²) >= 11 is 3.30. The molecule has 1 aromatic rings. The lowest BCUT2D eigenvalue weighted by Gasteiger charge is -2.04. The third-order valence-corrected chi connectivity index (χ3v) is 6.62. The van der Waals surface area contributed by atoms with Gasteiger partial charge in [0.05, 0.1) is 20.2 Å². The lowest BCUT2D eigenvalue weighted by Crippen LogP contribution is -2.06. The number of hydrogen-bond donors (Lipinski definition) is 0. The molecule has 0 aliphatic carbocycles. The van der Waals surface area contributed by atoms with Crippen LogP contribution in [0.1, 0.15) is 0 Å². The van der Waals surface area contributed by atoms with E-state index in [1.807, 2.05) is 0 Å². The van der Waals surface area contributed by atoms with Crippen molar-refractivity contribution in [2.24, 2.45) is 0 Å². The molecule has 0 aliphatic rings. The summed E-state index contributed by atoms with van der Waals surface area (Å²) in [6.07, 6.45) is 0. The van der Waals surface area contributed by atoms with Gasteiger partial charge in [-0.05, 0) is 0 Å². The molecule has 0 spiro atoms. The molecule has 0 radical (unpaired) electrons. The Morgan fingerprint density at radius 3 is 1.58 bits per heavy atom. The van der Waals surface area contributed by atoms with Crippen LogP contribution in [0.2, 0.25) is 0 Å². The van der Waals surface area contributed by atoms with Gasteiger partial charge in [-0.25, -0.2) is 16.8 Å². The molecule has 1 aromatic heterocycles. The molecular formula is C6H8N2O6S5-2. The van der Waals surface area contributed by atoms with Gasteiger partial charge in [0.15, 0.2) is 8.68 Å². The molecule has 110 valence electrons. The molecule has 0 bridgehead atoms. The molecule has 0 aliphatic heterocycles. The van der Waals surface area contributed by atoms with Crippen molar-refractivity contribution in [3.8, 4) is 0 Å². The van der Waals surface area contributed by atoms with Crippen molar-refractivity contribution in [3.63, 3.8) is 0 Å². The maximum atomic E-state index is 10.4. The van der Waals surface area contributed by atoms with E-state index in [2.05, 4.69) is 10.2 Å². The molecule has 0 fully saturated rings. The molecule has 0 N–H and O–H groups in total. The highest BCUT2D eigenvalue weighted by Gasteiger charge is 2.07. The predicted octanol–water partition coefficient (Wildman–Crippen LogP) is -0.187. The van der Waals surface area contributed by atoms with Crippen molar-refractivity contribution >= 4 is 55.1 Å². The molecule has 19 heavy (non-hydrogen) atoms. The van der Waals surface area contributed by atoms with Crippen LogP contribution >= 0.6 is 34.9 Å². The first-order chi connectivity index (χ1) is 8.66. The lowest BCUT2D eigenvalue weighted by atomic mass is 11.0. The van der Waals surface area contributed by atoms with Crippen molar-refractivity contribution in [3.05, 3.63) is 0 Å². The Labute approximate surface area is 122 Å². The summed E-state index contributed by atoms with van der Waals surface area (Å²) in [5, 5.41) is 7.47. The fourth-order valence-electron chi connectivity index (χ4n) is 0.776. The molecule has 0 atom stereocenters. The van der Waals surface area contributed by atoms with Crippen LogP contribution in [0.15, 0.2) is 8.68 Å². The highest BCUT2D eigenvalue weighted by molar-refractivity contribution is 8.04. The second-order valence-corrected chi connectivity index (χ2v) is 9.76. The molecule has 0 unspecified atom stereocenters. The molecule has 0 saturated carbocycles. The summed E-state index contributed by atoms with van der Waals surface area (Å²) in [5.74, 6) is -0.817. The van der Waals surface area contributed by atoms with Gasteiger partial charge in [0.25, 0.3) is 0 Å². The zero-order valence-corrected chi connectivity index (χ0v) is 13.3. The summed E-state index contributed by atoms with van der Waals surface area (Å²) in [5.41, 5.74) is 0. The van der Waals surface area contributed by atoms with E-state index < -0.39 is 31.7 Å². The number of aromatic nitrogens is 2. The smallest absolute Gasteiger partial charge is 0.175 e. The number of thioether (sulfide) groups is 2. The Morgan fingerprint density at radius 1 is 0.895 bits per heavy atom. The van der Waals surface area contributed by atoms with Gasteiger partial charge in [-0.1, -0.05) is 34.9 Å². The summed E-state index contributed by atoms with van der Waals surface area (Å²) in [4.78, 5) is 0. The zero-order valence-electron chi connectivity index (χ0n) is 9.21. The lowest BCUT2D eigenvalue weighted by molar-refractivity contribution is 0.462. The zero-order chi connectivity index (χ0) is 14.5. The number of hydrogen-bond acceptors (Lipinski definition) is 11. The van der Waals surface area contributed by atoms with Gasteiger partial charge in [0, 0.05) is 23.0 Å². The highest BCUT2D eigenvalue weighted by atomic mass is 32.2. The van der Waals surface area contributed by atoms with Crippen LogP contribution in [0.5, 0.6) is 0 Å². The second-order valence-electron chi connectivity index (χ2n) is 3.05. The quantitative estimate of drug-likeness (QED) is 0.450. The van der Waals surface area contributed by atoms with Gasteiger partial charge in [-0.15, -0.1) is 10.2 Å². The fraction of sp³-hybridized carbons (Fsp3) is 0.667. The summed E-state index contributed by atoms with van der Waals surface area (Å²) in [6, 6.07) is 0. The van der Waals surface area contributed by atoms with Crippen molar-refractivity contribution in [1.29, 1.82) is 0 Å². The summed E-state index contributed by atoms with van der Waals surface area (Å²) in [6.45, 7) is 0. The second kappa shape index (κ2) is 7.19. The topological polar surface area (TPSA) is 140 Å². The summed E-state index contributed by atoms with van der Waals surface area (Å²) < 4.78 is 63.2. The van der Waals surface area contributed by atoms with E-state index in [-0.39, 0.29) is 11.5 Å². The Hall–Kier alpha value is 0.0800. The Balaban J connectivity index is 2.36. The van der Waals surface area contributed by atoms with Gasteiger partial charge in [-0.2, -0.15) is 0 Å². The number of nitrogens with zero attached hydrogens (tertiary/aromatic N) is 2. The molecule has 0 aromatic carbocycles. The third-order valence-electron chi connectivity index (χ3n) is 1.51. The van der Waals surface area contributed by atoms with Crippen LogP contribution in [0.4, 0.5) is 0 Å². The molecular weight excluding hydrogens is 356 g/mol. The largest absolute Gasteiger partial charge is 0.748 e. The van der Waals surface area contributed by atoms with Gasteiger partial charge < -0.3 is 9.11 Å². The summed E-state index contributed by atoms with van der Waals surface area (Å²) in [7, 11) is -8.48. The third kappa shape index (κ3) is 8.78. The van der Waals surface area contributed by atoms with E-state index in [9.17, 15) is 25.9 Å². The molecule has 0 saturated heterocycles. The molecule has 8 nitrogen and oxygen atoms in total. The van der Waals surface area contributed by atoms with Crippen LogP contribution in [-0.4, -0.2) is 59.1 Å². The van der Waals surface area contributed by atoms with Gasteiger partial charge >= 0.3 is 0 Å². The maximum Gasteiger partial charge on any atom is 0.175 e. The predicted molar refractivity (Wildman–Crippen MR) is 70.5 cm³/mol. The van der Waals surface area contributed by atoms with E-state index in [0.29, 0.717) is 8.68 Å². The minimum absolute atomic E-state index is 0.0834. The van der Waals surface area contributed by atoms with Gasteiger partial charge in [0.1, 0.15) is 0 Å². The number of rotatable bonds is 8. The first kappa shape index (κ1) is 17.1. The van der Waals surface area contributed by atoms with Crippen molar-refractivity contribution in [2.45, 2.75) is 8.68 Å². The monoisotopic (exact) mass is 364 g/mol. The minimum atomic E-state index is -4.24. The molecule has 1 rings (SSSR count). The highest BCUT2D eigenvalue weighted by Crippen LogP contribution is 2.28. The average molecular weight is 364 g/mol. The van der Waals surface area contributed by atoms with E-state index in [0.717, 1.165) is 34.9 Å². The van der Waals surface area contributed by atoms with Crippen LogP contribution in [0.25, 0.3) is 0 Å². The molecule has 0 amide bonds. The average Bonchev–Trinajstić information content (AvgIpc) is 2.62. The van der Waals surface area contributed by atoms with Crippen molar-refractivity contribution in [2.75, 3.05) is 23.0 Å². The SMILES string of the molecule is O=S(=O)([O-])CCSc1nnc(SCCS(=O)(=O)[O-])s1. The van der Waals surface area contributed by atoms with Crippen LogP contribution in [-0.2, 0) is 20.2 Å². The van der Waals surface area contributed by atoms with E-state index in [1.165, 1.54) is 0 Å². The van der Waals surface area contributed by atoms with Crippen molar-refractivity contribution < 1.29 is 25.9 Å².